The number of piperidine rings is 1. The Morgan fingerprint density at radius 3 is 2.43 bits per heavy atom. The van der Waals surface area contributed by atoms with Gasteiger partial charge in [0.2, 0.25) is 0 Å². The minimum atomic E-state index is -2.68. The number of rotatable bonds is 3. The van der Waals surface area contributed by atoms with E-state index in [0.29, 0.717) is 28.3 Å². The van der Waals surface area contributed by atoms with Gasteiger partial charge in [0, 0.05) is 37.7 Å². The van der Waals surface area contributed by atoms with Crippen LogP contribution in [0.15, 0.2) is 21.5 Å². The summed E-state index contributed by atoms with van der Waals surface area (Å²) >= 11 is -1.47. The highest BCUT2D eigenvalue weighted by Gasteiger charge is 2.35. The van der Waals surface area contributed by atoms with Gasteiger partial charge in [0.1, 0.15) is 21.9 Å². The molecule has 1 fully saturated rings. The van der Waals surface area contributed by atoms with Crippen molar-refractivity contribution >= 4 is 28.5 Å². The molecule has 0 bridgehead atoms. The van der Waals surface area contributed by atoms with Gasteiger partial charge in [-0.1, -0.05) is 4.40 Å². The number of alkyl halides is 2. The fraction of sp³-hybridized carbons (Fsp3) is 0.571. The first-order chi connectivity index (χ1) is 13.8. The summed E-state index contributed by atoms with van der Waals surface area (Å²) in [7, 11) is 0. The highest BCUT2D eigenvalue weighted by Crippen LogP contribution is 2.31. The maximum Gasteiger partial charge on any atom is 0.262 e. The molecule has 164 valence electrons. The van der Waals surface area contributed by atoms with Crippen LogP contribution in [0.4, 0.5) is 14.6 Å². The quantitative estimate of drug-likeness (QED) is 0.540. The molecule has 2 aromatic rings. The van der Waals surface area contributed by atoms with Crippen molar-refractivity contribution in [2.75, 3.05) is 18.0 Å². The first-order valence-corrected chi connectivity index (χ1v) is 11.0. The summed E-state index contributed by atoms with van der Waals surface area (Å²) in [6, 6.07) is 1.85. The van der Waals surface area contributed by atoms with Crippen LogP contribution in [-0.2, 0) is 11.4 Å². The summed E-state index contributed by atoms with van der Waals surface area (Å²) in [5.74, 6) is -2.26. The van der Waals surface area contributed by atoms with Crippen LogP contribution in [0.5, 0.6) is 0 Å². The standard InChI is InChI=1S/C21H28F2N4O2S/c1-13-11-16(15(3)25-30(29)20(4,5)6)18-24-17(14(2)19(28)27(18)12-13)26-9-7-21(22,23)8-10-26/h11-12H,7-10H2,1-6H3/t30-/m1/s1. The van der Waals surface area contributed by atoms with Crippen LogP contribution in [0, 0.1) is 13.8 Å². The molecule has 0 saturated carbocycles. The van der Waals surface area contributed by atoms with E-state index < -0.39 is 22.0 Å². The molecule has 0 aromatic carbocycles. The van der Waals surface area contributed by atoms with E-state index in [0.717, 1.165) is 5.56 Å². The lowest BCUT2D eigenvalue weighted by Crippen LogP contribution is -2.41. The van der Waals surface area contributed by atoms with Crippen molar-refractivity contribution < 1.29 is 13.3 Å². The van der Waals surface area contributed by atoms with Crippen LogP contribution in [-0.4, -0.2) is 43.4 Å². The van der Waals surface area contributed by atoms with E-state index in [4.69, 9.17) is 4.98 Å². The monoisotopic (exact) mass is 438 g/mol. The average molecular weight is 439 g/mol. The number of halogens is 2. The lowest BCUT2D eigenvalue weighted by molar-refractivity contribution is -0.0221. The Kier molecular flexibility index (Phi) is 5.99. The second kappa shape index (κ2) is 7.92. The van der Waals surface area contributed by atoms with Crippen LogP contribution < -0.4 is 10.5 Å². The van der Waals surface area contributed by atoms with Crippen LogP contribution in [0.1, 0.15) is 57.2 Å². The summed E-state index contributed by atoms with van der Waals surface area (Å²) in [5, 5.41) is 0. The third-order valence-electron chi connectivity index (χ3n) is 5.19. The number of pyridine rings is 1. The zero-order valence-corrected chi connectivity index (χ0v) is 19.1. The van der Waals surface area contributed by atoms with Crippen molar-refractivity contribution in [1.29, 1.82) is 0 Å². The molecule has 6 nitrogen and oxygen atoms in total. The molecule has 2 aromatic heterocycles. The molecule has 1 saturated heterocycles. The van der Waals surface area contributed by atoms with Gasteiger partial charge in [-0.2, -0.15) is 0 Å². The van der Waals surface area contributed by atoms with Gasteiger partial charge in [0.05, 0.1) is 11.3 Å². The van der Waals surface area contributed by atoms with Gasteiger partial charge in [0.15, 0.2) is 5.65 Å². The predicted molar refractivity (Wildman–Crippen MR) is 117 cm³/mol. The molecule has 0 unspecified atom stereocenters. The van der Waals surface area contributed by atoms with E-state index in [-0.39, 0.29) is 31.5 Å². The number of aromatic nitrogens is 2. The Bertz CT molecular complexity index is 1050. The first-order valence-electron chi connectivity index (χ1n) is 9.94. The maximum absolute atomic E-state index is 13.6. The molecule has 30 heavy (non-hydrogen) atoms. The largest absolute Gasteiger partial charge is 0.591 e. The zero-order valence-electron chi connectivity index (χ0n) is 18.3. The van der Waals surface area contributed by atoms with Crippen LogP contribution in [0.2, 0.25) is 0 Å². The number of aryl methyl sites for hydroxylation is 1. The van der Waals surface area contributed by atoms with Crippen molar-refractivity contribution in [2.45, 2.75) is 65.1 Å². The summed E-state index contributed by atoms with van der Waals surface area (Å²) < 4.78 is 45.0. The Morgan fingerprint density at radius 1 is 1.27 bits per heavy atom. The number of hydrogen-bond donors (Lipinski definition) is 0. The molecular formula is C21H28F2N4O2S. The number of nitrogens with zero attached hydrogens (tertiary/aromatic N) is 4. The third kappa shape index (κ3) is 4.51. The van der Waals surface area contributed by atoms with Crippen molar-refractivity contribution in [2.24, 2.45) is 4.40 Å². The molecule has 0 N–H and O–H groups in total. The number of fused-ring (bicyclic) bond motifs is 1. The van der Waals surface area contributed by atoms with Gasteiger partial charge >= 0.3 is 0 Å². The van der Waals surface area contributed by atoms with Gasteiger partial charge in [0.25, 0.3) is 11.5 Å². The highest BCUT2D eigenvalue weighted by atomic mass is 32.2. The van der Waals surface area contributed by atoms with Gasteiger partial charge in [-0.25, -0.2) is 13.8 Å². The van der Waals surface area contributed by atoms with Crippen LogP contribution in [0.25, 0.3) is 5.65 Å². The van der Waals surface area contributed by atoms with Gasteiger partial charge in [-0.05, 0) is 53.2 Å². The molecule has 0 amide bonds. The minimum Gasteiger partial charge on any atom is -0.591 e. The molecule has 1 aliphatic rings. The maximum atomic E-state index is 13.6. The molecule has 3 heterocycles. The van der Waals surface area contributed by atoms with Crippen LogP contribution in [0.3, 0.4) is 0 Å². The van der Waals surface area contributed by atoms with E-state index in [2.05, 4.69) is 4.40 Å². The van der Waals surface area contributed by atoms with E-state index >= 15 is 0 Å². The molecule has 3 rings (SSSR count). The molecule has 9 heteroatoms. The van der Waals surface area contributed by atoms with Crippen molar-refractivity contribution in [3.63, 3.8) is 0 Å². The second-order valence-corrected chi connectivity index (χ2v) is 10.8. The van der Waals surface area contributed by atoms with Crippen LogP contribution >= 0.6 is 0 Å². The van der Waals surface area contributed by atoms with E-state index in [9.17, 15) is 18.1 Å². The van der Waals surface area contributed by atoms with Gasteiger partial charge in [-0.3, -0.25) is 9.20 Å². The number of hydrogen-bond acceptors (Lipinski definition) is 5. The molecule has 0 spiro atoms. The third-order valence-corrected chi connectivity index (χ3v) is 6.68. The zero-order chi connectivity index (χ0) is 22.4. The Labute approximate surface area is 178 Å². The van der Waals surface area contributed by atoms with Crippen molar-refractivity contribution in [3.8, 4) is 0 Å². The summed E-state index contributed by atoms with van der Waals surface area (Å²) in [4.78, 5) is 19.5. The fourth-order valence-corrected chi connectivity index (χ4v) is 4.00. The topological polar surface area (TPSA) is 73.0 Å². The summed E-state index contributed by atoms with van der Waals surface area (Å²) in [6.07, 6.45) is 1.17. The molecule has 0 radical (unpaired) electrons. The fourth-order valence-electron chi connectivity index (χ4n) is 3.38. The molecule has 0 aliphatic carbocycles. The Morgan fingerprint density at radius 2 is 1.87 bits per heavy atom. The highest BCUT2D eigenvalue weighted by molar-refractivity contribution is 7.91. The lowest BCUT2D eigenvalue weighted by atomic mass is 10.1. The summed E-state index contributed by atoms with van der Waals surface area (Å²) in [6.45, 7) is 11.1. The Hall–Kier alpha value is -2.00. The van der Waals surface area contributed by atoms with Gasteiger partial charge in [-0.15, -0.1) is 0 Å². The SMILES string of the molecule is CC(=N[S@+]([O-])C(C)(C)C)c1cc(C)cn2c(=O)c(C)c(N3CCC(F)(F)CC3)nc12. The Balaban J connectivity index is 2.16. The van der Waals surface area contributed by atoms with Crippen molar-refractivity contribution in [1.82, 2.24) is 9.38 Å². The normalized spacial score (nSPS) is 18.7. The number of anilines is 1. The summed E-state index contributed by atoms with van der Waals surface area (Å²) in [5.41, 5.74) is 2.51. The minimum absolute atomic E-state index is 0.138. The molecule has 1 aliphatic heterocycles. The smallest absolute Gasteiger partial charge is 0.262 e. The van der Waals surface area contributed by atoms with E-state index in [1.165, 1.54) is 4.40 Å². The van der Waals surface area contributed by atoms with E-state index in [1.54, 1.807) is 24.9 Å². The lowest BCUT2D eigenvalue weighted by Gasteiger charge is -2.33. The predicted octanol–water partition coefficient (Wildman–Crippen LogP) is 3.82. The first kappa shape index (κ1) is 22.7. The van der Waals surface area contributed by atoms with Gasteiger partial charge < -0.3 is 9.45 Å². The second-order valence-electron chi connectivity index (χ2n) is 8.87. The van der Waals surface area contributed by atoms with Crippen molar-refractivity contribution in [3.05, 3.63) is 39.3 Å². The average Bonchev–Trinajstić information content (AvgIpc) is 2.64. The molecular weight excluding hydrogens is 410 g/mol. The molecule has 1 atom stereocenters. The van der Waals surface area contributed by atoms with E-state index in [1.807, 2.05) is 33.8 Å².